The van der Waals surface area contributed by atoms with Crippen LogP contribution in [-0.2, 0) is 9.53 Å². The Bertz CT molecular complexity index is 1420. The summed E-state index contributed by atoms with van der Waals surface area (Å²) in [6.45, 7) is 14.0. The summed E-state index contributed by atoms with van der Waals surface area (Å²) in [4.78, 5) is 35.1. The second kappa shape index (κ2) is 13.0. The number of benzene rings is 1. The van der Waals surface area contributed by atoms with Crippen LogP contribution >= 0.6 is 0 Å². The maximum Gasteiger partial charge on any atom is 0.337 e. The molecule has 230 valence electrons. The van der Waals surface area contributed by atoms with E-state index in [0.29, 0.717) is 28.5 Å². The zero-order chi connectivity index (χ0) is 31.4. The van der Waals surface area contributed by atoms with Gasteiger partial charge in [-0.1, -0.05) is 13.8 Å². The molecule has 10 heteroatoms. The van der Waals surface area contributed by atoms with Crippen LogP contribution in [-0.4, -0.2) is 64.0 Å². The minimum atomic E-state index is -1.19. The van der Waals surface area contributed by atoms with E-state index in [0.717, 1.165) is 37.2 Å². The van der Waals surface area contributed by atoms with Crippen molar-refractivity contribution in [3.05, 3.63) is 65.6 Å². The first-order chi connectivity index (χ1) is 20.2. The van der Waals surface area contributed by atoms with Crippen LogP contribution in [0.25, 0.3) is 11.3 Å². The number of aromatic nitrogens is 2. The number of hydrogen-bond acceptors (Lipinski definition) is 8. The van der Waals surface area contributed by atoms with Gasteiger partial charge in [-0.15, -0.1) is 0 Å². The average molecular weight is 592 g/mol. The molecule has 1 fully saturated rings. The van der Waals surface area contributed by atoms with Crippen molar-refractivity contribution in [1.29, 1.82) is 0 Å². The number of piperidine rings is 1. The average Bonchev–Trinajstić information content (AvgIpc) is 2.94. The summed E-state index contributed by atoms with van der Waals surface area (Å²) in [5.41, 5.74) is 3.06. The predicted molar refractivity (Wildman–Crippen MR) is 163 cm³/mol. The third-order valence-electron chi connectivity index (χ3n) is 7.41. The number of carboxylic acids is 2. The van der Waals surface area contributed by atoms with Gasteiger partial charge in [0.15, 0.2) is 6.10 Å². The Balaban J connectivity index is 1.57. The van der Waals surface area contributed by atoms with Crippen LogP contribution < -0.4 is 14.4 Å². The molecular weight excluding hydrogens is 550 g/mol. The number of pyridine rings is 2. The molecule has 2 aromatic heterocycles. The molecular formula is C33H41N3O7. The smallest absolute Gasteiger partial charge is 0.337 e. The third-order valence-corrected chi connectivity index (χ3v) is 7.41. The van der Waals surface area contributed by atoms with Gasteiger partial charge < -0.3 is 29.3 Å². The molecule has 0 radical (unpaired) electrons. The highest BCUT2D eigenvalue weighted by atomic mass is 16.5. The van der Waals surface area contributed by atoms with Gasteiger partial charge in [-0.25, -0.2) is 9.59 Å². The summed E-state index contributed by atoms with van der Waals surface area (Å²) in [6.07, 6.45) is 4.13. The summed E-state index contributed by atoms with van der Waals surface area (Å²) < 4.78 is 17.6. The molecule has 1 aromatic carbocycles. The minimum Gasteiger partial charge on any atom is -0.490 e. The molecule has 0 bridgehead atoms. The first-order valence-electron chi connectivity index (χ1n) is 14.4. The maximum absolute atomic E-state index is 12.6. The lowest BCUT2D eigenvalue weighted by Crippen LogP contribution is -2.39. The third kappa shape index (κ3) is 8.22. The standard InChI is InChI=1S/C33H41N3O7/c1-21-27(29(31(39)40)43-32(2,3)4)28(36-15-13-33(5,6)14-16-36)25(20-34-21)26-12-11-24(19-35-26)42-18-17-41-23-9-7-22(8-10-23)30(37)38/h7-12,19-20,29H,13-18H2,1-6H3,(H,37,38)(H,39,40)/t29-/m0/s1. The Hall–Kier alpha value is -4.18. The molecule has 0 aliphatic carbocycles. The molecule has 0 spiro atoms. The summed E-state index contributed by atoms with van der Waals surface area (Å²) in [7, 11) is 0. The highest BCUT2D eigenvalue weighted by Crippen LogP contribution is 2.43. The summed E-state index contributed by atoms with van der Waals surface area (Å²) in [5, 5.41) is 19.3. The number of carboxylic acid groups (broad SMARTS) is 2. The zero-order valence-corrected chi connectivity index (χ0v) is 25.7. The summed E-state index contributed by atoms with van der Waals surface area (Å²) >= 11 is 0. The van der Waals surface area contributed by atoms with Crippen LogP contribution in [0.4, 0.5) is 5.69 Å². The summed E-state index contributed by atoms with van der Waals surface area (Å²) in [6, 6.07) is 9.83. The van der Waals surface area contributed by atoms with Crippen LogP contribution in [0, 0.1) is 12.3 Å². The van der Waals surface area contributed by atoms with E-state index in [4.69, 9.17) is 19.3 Å². The van der Waals surface area contributed by atoms with E-state index in [1.165, 1.54) is 12.1 Å². The van der Waals surface area contributed by atoms with Crippen molar-refractivity contribution in [2.24, 2.45) is 5.41 Å². The topological polar surface area (TPSA) is 131 Å². The highest BCUT2D eigenvalue weighted by Gasteiger charge is 2.36. The van der Waals surface area contributed by atoms with Crippen LogP contribution in [0.3, 0.4) is 0 Å². The monoisotopic (exact) mass is 591 g/mol. The van der Waals surface area contributed by atoms with Crippen LogP contribution in [0.2, 0.25) is 0 Å². The number of rotatable bonds is 11. The number of nitrogens with zero attached hydrogens (tertiary/aromatic N) is 3. The van der Waals surface area contributed by atoms with Gasteiger partial charge in [-0.2, -0.15) is 0 Å². The number of anilines is 1. The Morgan fingerprint density at radius 3 is 2.07 bits per heavy atom. The van der Waals surface area contributed by atoms with E-state index in [2.05, 4.69) is 28.7 Å². The Morgan fingerprint density at radius 2 is 1.53 bits per heavy atom. The van der Waals surface area contributed by atoms with Gasteiger partial charge in [-0.3, -0.25) is 9.97 Å². The molecule has 2 N–H and O–H groups in total. The molecule has 0 unspecified atom stereocenters. The molecule has 1 aliphatic rings. The number of aliphatic carboxylic acids is 1. The fourth-order valence-electron chi connectivity index (χ4n) is 5.01. The molecule has 10 nitrogen and oxygen atoms in total. The van der Waals surface area contributed by atoms with Crippen LogP contribution in [0.5, 0.6) is 11.5 Å². The lowest BCUT2D eigenvalue weighted by Gasteiger charge is -2.40. The van der Waals surface area contributed by atoms with Crippen molar-refractivity contribution < 1.29 is 34.0 Å². The molecule has 3 aromatic rings. The van der Waals surface area contributed by atoms with Crippen molar-refractivity contribution in [3.8, 4) is 22.8 Å². The zero-order valence-electron chi connectivity index (χ0n) is 25.7. The molecule has 0 saturated carbocycles. The van der Waals surface area contributed by atoms with E-state index >= 15 is 0 Å². The van der Waals surface area contributed by atoms with Gasteiger partial charge in [0.25, 0.3) is 0 Å². The first kappa shape index (κ1) is 31.7. The minimum absolute atomic E-state index is 0.193. The Morgan fingerprint density at radius 1 is 0.930 bits per heavy atom. The quantitative estimate of drug-likeness (QED) is 0.249. The van der Waals surface area contributed by atoms with Gasteiger partial charge in [0, 0.05) is 36.1 Å². The van der Waals surface area contributed by atoms with Gasteiger partial charge >= 0.3 is 11.9 Å². The normalized spacial score (nSPS) is 15.5. The molecule has 1 saturated heterocycles. The fourth-order valence-corrected chi connectivity index (χ4v) is 5.01. The largest absolute Gasteiger partial charge is 0.490 e. The SMILES string of the molecule is Cc1ncc(-c2ccc(OCCOc3ccc(C(=O)O)cc3)cn2)c(N2CCC(C)(C)CC2)c1[C@H](OC(C)(C)C)C(=O)O. The molecule has 43 heavy (non-hydrogen) atoms. The maximum atomic E-state index is 12.6. The molecule has 1 aliphatic heterocycles. The van der Waals surface area contributed by atoms with Crippen LogP contribution in [0.1, 0.15) is 75.2 Å². The van der Waals surface area contributed by atoms with Gasteiger partial charge in [0.1, 0.15) is 24.7 Å². The van der Waals surface area contributed by atoms with Gasteiger partial charge in [-0.05, 0) is 82.3 Å². The summed E-state index contributed by atoms with van der Waals surface area (Å²) in [5.74, 6) is -0.953. The Kier molecular flexibility index (Phi) is 9.59. The van der Waals surface area contributed by atoms with E-state index in [1.54, 1.807) is 24.5 Å². The van der Waals surface area contributed by atoms with Crippen molar-refractivity contribution in [2.45, 2.75) is 66.1 Å². The van der Waals surface area contributed by atoms with E-state index in [9.17, 15) is 14.7 Å². The Labute approximate surface area is 252 Å². The van der Waals surface area contributed by atoms with Crippen molar-refractivity contribution in [2.75, 3.05) is 31.2 Å². The van der Waals surface area contributed by atoms with Crippen LogP contribution in [0.15, 0.2) is 48.8 Å². The highest BCUT2D eigenvalue weighted by molar-refractivity contribution is 5.87. The predicted octanol–water partition coefficient (Wildman–Crippen LogP) is 6.18. The van der Waals surface area contributed by atoms with E-state index < -0.39 is 23.6 Å². The van der Waals surface area contributed by atoms with Crippen molar-refractivity contribution >= 4 is 17.6 Å². The number of hydrogen-bond donors (Lipinski definition) is 2. The second-order valence-corrected chi connectivity index (χ2v) is 12.5. The van der Waals surface area contributed by atoms with Crippen molar-refractivity contribution in [3.63, 3.8) is 0 Å². The molecule has 0 amide bonds. The number of carbonyl (C=O) groups is 2. The second-order valence-electron chi connectivity index (χ2n) is 12.5. The lowest BCUT2D eigenvalue weighted by molar-refractivity contribution is -0.160. The molecule has 4 rings (SSSR count). The lowest BCUT2D eigenvalue weighted by atomic mass is 9.82. The molecule has 1 atom stereocenters. The number of aryl methyl sites for hydroxylation is 1. The van der Waals surface area contributed by atoms with Crippen molar-refractivity contribution in [1.82, 2.24) is 9.97 Å². The van der Waals surface area contributed by atoms with E-state index in [1.807, 2.05) is 39.8 Å². The fraction of sp³-hybridized carbons (Fsp3) is 0.455. The van der Waals surface area contributed by atoms with E-state index in [-0.39, 0.29) is 24.2 Å². The van der Waals surface area contributed by atoms with Gasteiger partial charge in [0.05, 0.1) is 28.7 Å². The number of ether oxygens (including phenoxy) is 3. The number of aromatic carboxylic acids is 1. The molecule has 3 heterocycles. The van der Waals surface area contributed by atoms with Gasteiger partial charge in [0.2, 0.25) is 0 Å². The first-order valence-corrected chi connectivity index (χ1v) is 14.4.